The Kier molecular flexibility index (Phi) is 4.10. The summed E-state index contributed by atoms with van der Waals surface area (Å²) in [5, 5.41) is 19.5. The first-order valence-corrected chi connectivity index (χ1v) is 7.31. The normalized spacial score (nSPS) is 10.5. The van der Waals surface area contributed by atoms with E-state index < -0.39 is 0 Å². The molecule has 116 valence electrons. The van der Waals surface area contributed by atoms with E-state index in [1.807, 2.05) is 31.2 Å². The maximum absolute atomic E-state index is 12.2. The molecule has 5 nitrogen and oxygen atoms in total. The van der Waals surface area contributed by atoms with E-state index in [2.05, 4.69) is 15.5 Å². The molecule has 0 fully saturated rings. The highest BCUT2D eigenvalue weighted by atomic mass is 16.3. The van der Waals surface area contributed by atoms with Crippen molar-refractivity contribution in [2.75, 3.05) is 0 Å². The summed E-state index contributed by atoms with van der Waals surface area (Å²) in [5.41, 5.74) is 3.69. The standard InChI is InChI=1S/C18H17N3O2/c1-12-6-8-13(9-7-12)11-19-18(23)16-10-15(20-21-16)14-4-2-3-5-17(14)22/h2-10,22H,11H2,1H3,(H,19,23)(H,20,21). The lowest BCUT2D eigenvalue weighted by Crippen LogP contribution is -2.23. The molecule has 3 aromatic rings. The molecule has 0 bridgehead atoms. The molecule has 23 heavy (non-hydrogen) atoms. The molecule has 0 aliphatic carbocycles. The maximum Gasteiger partial charge on any atom is 0.269 e. The largest absolute Gasteiger partial charge is 0.507 e. The summed E-state index contributed by atoms with van der Waals surface area (Å²) in [6, 6.07) is 16.5. The van der Waals surface area contributed by atoms with Gasteiger partial charge in [-0.05, 0) is 30.7 Å². The average molecular weight is 307 g/mol. The van der Waals surface area contributed by atoms with Gasteiger partial charge in [0, 0.05) is 12.1 Å². The van der Waals surface area contributed by atoms with Gasteiger partial charge in [-0.15, -0.1) is 0 Å². The van der Waals surface area contributed by atoms with E-state index in [1.165, 1.54) is 5.56 Å². The molecule has 0 atom stereocenters. The van der Waals surface area contributed by atoms with Gasteiger partial charge < -0.3 is 10.4 Å². The third kappa shape index (κ3) is 3.40. The van der Waals surface area contributed by atoms with Gasteiger partial charge in [-0.3, -0.25) is 9.89 Å². The van der Waals surface area contributed by atoms with Gasteiger partial charge in [0.1, 0.15) is 11.4 Å². The molecule has 5 heteroatoms. The summed E-state index contributed by atoms with van der Waals surface area (Å²) in [6.45, 7) is 2.47. The van der Waals surface area contributed by atoms with Crippen LogP contribution in [0.1, 0.15) is 21.6 Å². The second-order valence-electron chi connectivity index (χ2n) is 5.35. The Morgan fingerprint density at radius 1 is 1.17 bits per heavy atom. The van der Waals surface area contributed by atoms with Gasteiger partial charge in [-0.25, -0.2) is 0 Å². The summed E-state index contributed by atoms with van der Waals surface area (Å²) in [7, 11) is 0. The molecule has 0 radical (unpaired) electrons. The molecule has 0 saturated heterocycles. The van der Waals surface area contributed by atoms with Crippen LogP contribution >= 0.6 is 0 Å². The van der Waals surface area contributed by atoms with E-state index in [4.69, 9.17) is 0 Å². The maximum atomic E-state index is 12.2. The Hall–Kier alpha value is -3.08. The number of aryl methyl sites for hydroxylation is 1. The van der Waals surface area contributed by atoms with Gasteiger partial charge in [0.25, 0.3) is 5.91 Å². The Morgan fingerprint density at radius 2 is 1.91 bits per heavy atom. The molecule has 1 amide bonds. The minimum atomic E-state index is -0.236. The van der Waals surface area contributed by atoms with Crippen molar-refractivity contribution in [3.8, 4) is 17.0 Å². The lowest BCUT2D eigenvalue weighted by Gasteiger charge is -2.04. The Labute approximate surface area is 134 Å². The van der Waals surface area contributed by atoms with Crippen molar-refractivity contribution in [3.05, 3.63) is 71.4 Å². The van der Waals surface area contributed by atoms with Crippen LogP contribution in [-0.4, -0.2) is 21.2 Å². The minimum Gasteiger partial charge on any atom is -0.507 e. The molecular formula is C18H17N3O2. The molecule has 3 rings (SSSR count). The van der Waals surface area contributed by atoms with Gasteiger partial charge >= 0.3 is 0 Å². The van der Waals surface area contributed by atoms with Gasteiger partial charge in [0.05, 0.1) is 5.69 Å². The number of carbonyl (C=O) groups is 1. The van der Waals surface area contributed by atoms with Crippen LogP contribution in [0, 0.1) is 6.92 Å². The zero-order valence-electron chi connectivity index (χ0n) is 12.7. The van der Waals surface area contributed by atoms with E-state index in [-0.39, 0.29) is 11.7 Å². The number of rotatable bonds is 4. The van der Waals surface area contributed by atoms with Crippen LogP contribution in [0.2, 0.25) is 0 Å². The summed E-state index contributed by atoms with van der Waals surface area (Å²) in [5.74, 6) is -0.106. The van der Waals surface area contributed by atoms with Crippen LogP contribution in [-0.2, 0) is 6.54 Å². The fourth-order valence-corrected chi connectivity index (χ4v) is 2.25. The zero-order chi connectivity index (χ0) is 16.2. The second-order valence-corrected chi connectivity index (χ2v) is 5.35. The summed E-state index contributed by atoms with van der Waals surface area (Å²) >= 11 is 0. The third-order valence-corrected chi connectivity index (χ3v) is 3.58. The summed E-state index contributed by atoms with van der Waals surface area (Å²) in [4.78, 5) is 12.2. The highest BCUT2D eigenvalue weighted by Crippen LogP contribution is 2.27. The van der Waals surface area contributed by atoms with Gasteiger partial charge in [0.2, 0.25) is 0 Å². The Morgan fingerprint density at radius 3 is 2.65 bits per heavy atom. The van der Waals surface area contributed by atoms with Crippen LogP contribution in [0.4, 0.5) is 0 Å². The number of benzene rings is 2. The lowest BCUT2D eigenvalue weighted by molar-refractivity contribution is 0.0946. The highest BCUT2D eigenvalue weighted by Gasteiger charge is 2.12. The second kappa shape index (κ2) is 6.36. The number of carbonyl (C=O) groups excluding carboxylic acids is 1. The number of para-hydroxylation sites is 1. The third-order valence-electron chi connectivity index (χ3n) is 3.58. The van der Waals surface area contributed by atoms with Crippen molar-refractivity contribution < 1.29 is 9.90 Å². The number of hydrogen-bond donors (Lipinski definition) is 3. The summed E-state index contributed by atoms with van der Waals surface area (Å²) < 4.78 is 0. The predicted octanol–water partition coefficient (Wildman–Crippen LogP) is 3.02. The van der Waals surface area contributed by atoms with Crippen molar-refractivity contribution in [1.29, 1.82) is 0 Å². The quantitative estimate of drug-likeness (QED) is 0.693. The van der Waals surface area contributed by atoms with E-state index >= 15 is 0 Å². The number of hydrogen-bond acceptors (Lipinski definition) is 3. The first-order chi connectivity index (χ1) is 11.1. The molecule has 0 aliphatic rings. The van der Waals surface area contributed by atoms with Gasteiger partial charge in [-0.1, -0.05) is 42.0 Å². The molecule has 0 unspecified atom stereocenters. The van der Waals surface area contributed by atoms with Gasteiger partial charge in [0.15, 0.2) is 0 Å². The fourth-order valence-electron chi connectivity index (χ4n) is 2.25. The molecule has 1 heterocycles. The van der Waals surface area contributed by atoms with Crippen molar-refractivity contribution in [2.45, 2.75) is 13.5 Å². The van der Waals surface area contributed by atoms with E-state index in [9.17, 15) is 9.90 Å². The summed E-state index contributed by atoms with van der Waals surface area (Å²) in [6.07, 6.45) is 0. The van der Waals surface area contributed by atoms with Crippen LogP contribution in [0.25, 0.3) is 11.3 Å². The Balaban J connectivity index is 1.69. The van der Waals surface area contributed by atoms with Crippen molar-refractivity contribution >= 4 is 5.91 Å². The topological polar surface area (TPSA) is 78.0 Å². The number of aromatic nitrogens is 2. The molecule has 0 saturated carbocycles. The van der Waals surface area contributed by atoms with Crippen molar-refractivity contribution in [1.82, 2.24) is 15.5 Å². The number of phenols is 1. The van der Waals surface area contributed by atoms with E-state index in [1.54, 1.807) is 30.3 Å². The lowest BCUT2D eigenvalue weighted by atomic mass is 10.1. The van der Waals surface area contributed by atoms with Crippen molar-refractivity contribution in [2.24, 2.45) is 0 Å². The first-order valence-electron chi connectivity index (χ1n) is 7.31. The molecule has 1 aromatic heterocycles. The van der Waals surface area contributed by atoms with E-state index in [0.717, 1.165) is 5.56 Å². The fraction of sp³-hybridized carbons (Fsp3) is 0.111. The SMILES string of the molecule is Cc1ccc(CNC(=O)c2cc(-c3ccccc3O)n[nH]2)cc1. The average Bonchev–Trinajstić information content (AvgIpc) is 3.04. The number of H-pyrrole nitrogens is 1. The number of nitrogens with one attached hydrogen (secondary N) is 2. The number of aromatic hydroxyl groups is 1. The van der Waals surface area contributed by atoms with Gasteiger partial charge in [-0.2, -0.15) is 5.10 Å². The number of amides is 1. The smallest absolute Gasteiger partial charge is 0.269 e. The number of phenolic OH excluding ortho intramolecular Hbond substituents is 1. The molecule has 3 N–H and O–H groups in total. The molecule has 0 aliphatic heterocycles. The van der Waals surface area contributed by atoms with Crippen molar-refractivity contribution in [3.63, 3.8) is 0 Å². The predicted molar refractivity (Wildman–Crippen MR) is 88.0 cm³/mol. The van der Waals surface area contributed by atoms with E-state index in [0.29, 0.717) is 23.5 Å². The highest BCUT2D eigenvalue weighted by molar-refractivity contribution is 5.93. The number of nitrogens with zero attached hydrogens (tertiary/aromatic N) is 1. The number of aromatic amines is 1. The van der Waals surface area contributed by atoms with Crippen LogP contribution in [0.5, 0.6) is 5.75 Å². The first kappa shape index (κ1) is 14.8. The molecular weight excluding hydrogens is 290 g/mol. The monoisotopic (exact) mass is 307 g/mol. The van der Waals surface area contributed by atoms with Crippen LogP contribution in [0.3, 0.4) is 0 Å². The minimum absolute atomic E-state index is 0.130. The molecule has 0 spiro atoms. The molecule has 2 aromatic carbocycles. The van der Waals surface area contributed by atoms with Crippen LogP contribution < -0.4 is 5.32 Å². The van der Waals surface area contributed by atoms with Crippen LogP contribution in [0.15, 0.2) is 54.6 Å². The zero-order valence-corrected chi connectivity index (χ0v) is 12.7. The Bertz CT molecular complexity index is 822.